The van der Waals surface area contributed by atoms with Crippen LogP contribution in [0.2, 0.25) is 5.02 Å². The van der Waals surface area contributed by atoms with Gasteiger partial charge in [-0.15, -0.1) is 0 Å². The molecular weight excluding hydrogens is 346 g/mol. The number of hydrogen-bond acceptors (Lipinski definition) is 4. The molecule has 0 atom stereocenters. The molecule has 0 heterocycles. The van der Waals surface area contributed by atoms with E-state index in [4.69, 9.17) is 21.8 Å². The van der Waals surface area contributed by atoms with Crippen LogP contribution in [0, 0.1) is 0 Å². The molecule has 0 radical (unpaired) electrons. The lowest BCUT2D eigenvalue weighted by Crippen LogP contribution is -2.15. The Morgan fingerprint density at radius 2 is 1.61 bits per heavy atom. The van der Waals surface area contributed by atoms with E-state index in [0.717, 1.165) is 18.2 Å². The first-order valence-electron chi connectivity index (χ1n) is 6.10. The van der Waals surface area contributed by atoms with Gasteiger partial charge in [0.15, 0.2) is 0 Å². The number of hydrogen-bond donors (Lipinski definition) is 3. The Hall–Kier alpha value is -2.58. The smallest absolute Gasteiger partial charge is 0.336 e. The molecule has 23 heavy (non-hydrogen) atoms. The van der Waals surface area contributed by atoms with Gasteiger partial charge in [0.25, 0.3) is 10.0 Å². The second-order valence-electron chi connectivity index (χ2n) is 4.43. The molecule has 0 fully saturated rings. The monoisotopic (exact) mass is 355 g/mol. The SMILES string of the molecule is O=C(O)c1ccc(S(=O)(=O)Nc2cccc(Cl)c2)cc1C(=O)O. The zero-order valence-corrected chi connectivity index (χ0v) is 12.9. The van der Waals surface area contributed by atoms with Crippen molar-refractivity contribution < 1.29 is 28.2 Å². The van der Waals surface area contributed by atoms with Gasteiger partial charge in [0, 0.05) is 5.02 Å². The third-order valence-corrected chi connectivity index (χ3v) is 4.45. The van der Waals surface area contributed by atoms with Crippen LogP contribution in [0.1, 0.15) is 20.7 Å². The van der Waals surface area contributed by atoms with Crippen LogP contribution < -0.4 is 4.72 Å². The molecule has 0 saturated carbocycles. The van der Waals surface area contributed by atoms with Gasteiger partial charge in [-0.05, 0) is 36.4 Å². The predicted octanol–water partition coefficient (Wildman–Crippen LogP) is 2.54. The summed E-state index contributed by atoms with van der Waals surface area (Å²) in [6, 6.07) is 8.68. The summed E-state index contributed by atoms with van der Waals surface area (Å²) in [5.74, 6) is -3.00. The van der Waals surface area contributed by atoms with Gasteiger partial charge < -0.3 is 10.2 Å². The summed E-state index contributed by atoms with van der Waals surface area (Å²) in [7, 11) is -4.09. The van der Waals surface area contributed by atoms with Crippen LogP contribution in [0.15, 0.2) is 47.4 Å². The highest BCUT2D eigenvalue weighted by Crippen LogP contribution is 2.21. The number of carboxylic acids is 2. The topological polar surface area (TPSA) is 121 Å². The Bertz CT molecular complexity index is 894. The Labute approximate surface area is 136 Å². The van der Waals surface area contributed by atoms with Crippen molar-refractivity contribution in [3.63, 3.8) is 0 Å². The lowest BCUT2D eigenvalue weighted by Gasteiger charge is -2.10. The first-order chi connectivity index (χ1) is 10.7. The third kappa shape index (κ3) is 3.79. The zero-order valence-electron chi connectivity index (χ0n) is 11.4. The number of halogens is 1. The van der Waals surface area contributed by atoms with Crippen LogP contribution in [0.4, 0.5) is 5.69 Å². The van der Waals surface area contributed by atoms with Gasteiger partial charge in [0.05, 0.1) is 21.7 Å². The van der Waals surface area contributed by atoms with Gasteiger partial charge in [-0.3, -0.25) is 4.72 Å². The number of carboxylic acid groups (broad SMARTS) is 2. The van der Waals surface area contributed by atoms with Gasteiger partial charge in [0.1, 0.15) is 0 Å². The van der Waals surface area contributed by atoms with E-state index in [1.165, 1.54) is 18.2 Å². The molecule has 0 bridgehead atoms. The number of anilines is 1. The van der Waals surface area contributed by atoms with Gasteiger partial charge in [-0.2, -0.15) is 0 Å². The molecule has 0 saturated heterocycles. The molecule has 2 aromatic rings. The summed E-state index contributed by atoms with van der Waals surface area (Å²) < 4.78 is 26.8. The molecule has 0 spiro atoms. The van der Waals surface area contributed by atoms with Crippen LogP contribution in [-0.2, 0) is 10.0 Å². The molecule has 2 rings (SSSR count). The maximum atomic E-state index is 12.3. The van der Waals surface area contributed by atoms with E-state index in [9.17, 15) is 18.0 Å². The van der Waals surface area contributed by atoms with Crippen molar-refractivity contribution in [1.29, 1.82) is 0 Å². The first-order valence-corrected chi connectivity index (χ1v) is 7.96. The molecule has 0 aliphatic heterocycles. The zero-order chi connectivity index (χ0) is 17.2. The lowest BCUT2D eigenvalue weighted by molar-refractivity contribution is 0.0651. The summed E-state index contributed by atoms with van der Waals surface area (Å²) in [6.07, 6.45) is 0. The number of aromatic carboxylic acids is 2. The average Bonchev–Trinajstić information content (AvgIpc) is 2.46. The van der Waals surface area contributed by atoms with Crippen LogP contribution >= 0.6 is 11.6 Å². The second-order valence-corrected chi connectivity index (χ2v) is 6.55. The highest BCUT2D eigenvalue weighted by Gasteiger charge is 2.21. The van der Waals surface area contributed by atoms with E-state index in [1.54, 1.807) is 6.07 Å². The Kier molecular flexibility index (Phi) is 4.57. The minimum absolute atomic E-state index is 0.191. The molecule has 0 aliphatic rings. The molecule has 0 aromatic heterocycles. The van der Waals surface area contributed by atoms with Crippen LogP contribution in [-0.4, -0.2) is 30.6 Å². The maximum Gasteiger partial charge on any atom is 0.336 e. The molecule has 9 heteroatoms. The van der Waals surface area contributed by atoms with Crippen LogP contribution in [0.3, 0.4) is 0 Å². The molecule has 0 amide bonds. The normalized spacial score (nSPS) is 11.0. The summed E-state index contributed by atoms with van der Waals surface area (Å²) in [5, 5.41) is 18.3. The quantitative estimate of drug-likeness (QED) is 0.757. The van der Waals surface area contributed by atoms with E-state index in [0.29, 0.717) is 5.02 Å². The largest absolute Gasteiger partial charge is 0.478 e. The maximum absolute atomic E-state index is 12.3. The van der Waals surface area contributed by atoms with Crippen molar-refractivity contribution >= 4 is 39.3 Å². The van der Waals surface area contributed by atoms with Crippen LogP contribution in [0.25, 0.3) is 0 Å². The van der Waals surface area contributed by atoms with Crippen molar-refractivity contribution in [2.45, 2.75) is 4.90 Å². The van der Waals surface area contributed by atoms with Gasteiger partial charge >= 0.3 is 11.9 Å². The predicted molar refractivity (Wildman–Crippen MR) is 82.6 cm³/mol. The first kappa shape index (κ1) is 16.8. The van der Waals surface area contributed by atoms with Crippen molar-refractivity contribution in [2.75, 3.05) is 4.72 Å². The number of carbonyl (C=O) groups is 2. The average molecular weight is 356 g/mol. The third-order valence-electron chi connectivity index (χ3n) is 2.84. The molecule has 120 valence electrons. The number of rotatable bonds is 5. The fraction of sp³-hybridized carbons (Fsp3) is 0. The minimum atomic E-state index is -4.09. The number of benzene rings is 2. The fourth-order valence-corrected chi connectivity index (χ4v) is 3.09. The summed E-state index contributed by atoms with van der Waals surface area (Å²) >= 11 is 5.76. The molecule has 3 N–H and O–H groups in total. The van der Waals surface area contributed by atoms with Crippen LogP contribution in [0.5, 0.6) is 0 Å². The Balaban J connectivity index is 2.46. The highest BCUT2D eigenvalue weighted by molar-refractivity contribution is 7.92. The Morgan fingerprint density at radius 1 is 0.957 bits per heavy atom. The van der Waals surface area contributed by atoms with Crippen molar-refractivity contribution in [3.8, 4) is 0 Å². The Morgan fingerprint density at radius 3 is 2.17 bits per heavy atom. The van der Waals surface area contributed by atoms with Crippen molar-refractivity contribution in [3.05, 3.63) is 58.6 Å². The van der Waals surface area contributed by atoms with Gasteiger partial charge in [0.2, 0.25) is 0 Å². The van der Waals surface area contributed by atoms with Crippen molar-refractivity contribution in [1.82, 2.24) is 0 Å². The van der Waals surface area contributed by atoms with Crippen molar-refractivity contribution in [2.24, 2.45) is 0 Å². The summed E-state index contributed by atoms with van der Waals surface area (Å²) in [4.78, 5) is 21.7. The highest BCUT2D eigenvalue weighted by atomic mass is 35.5. The number of nitrogens with one attached hydrogen (secondary N) is 1. The summed E-state index contributed by atoms with van der Waals surface area (Å²) in [6.45, 7) is 0. The van der Waals surface area contributed by atoms with E-state index in [-0.39, 0.29) is 10.6 Å². The lowest BCUT2D eigenvalue weighted by atomic mass is 10.1. The summed E-state index contributed by atoms with van der Waals surface area (Å²) in [5.41, 5.74) is -0.928. The van der Waals surface area contributed by atoms with E-state index in [2.05, 4.69) is 4.72 Å². The van der Waals surface area contributed by atoms with Gasteiger partial charge in [-0.1, -0.05) is 17.7 Å². The van der Waals surface area contributed by atoms with Gasteiger partial charge in [-0.25, -0.2) is 18.0 Å². The number of sulfonamides is 1. The molecular formula is C14H10ClNO6S. The molecule has 0 aliphatic carbocycles. The minimum Gasteiger partial charge on any atom is -0.478 e. The molecule has 2 aromatic carbocycles. The van der Waals surface area contributed by atoms with E-state index < -0.39 is 33.1 Å². The molecule has 7 nitrogen and oxygen atoms in total. The van der Waals surface area contributed by atoms with E-state index in [1.807, 2.05) is 0 Å². The molecule has 0 unspecified atom stereocenters. The van der Waals surface area contributed by atoms with E-state index >= 15 is 0 Å². The second kappa shape index (κ2) is 6.27. The fourth-order valence-electron chi connectivity index (χ4n) is 1.82. The standard InChI is InChI=1S/C14H10ClNO6S/c15-8-2-1-3-9(6-8)16-23(21,22)10-4-5-11(13(17)18)12(7-10)14(19)20/h1-7,16H,(H,17,18)(H,19,20).